The van der Waals surface area contributed by atoms with Crippen LogP contribution < -0.4 is 11.2 Å². The van der Waals surface area contributed by atoms with Crippen molar-refractivity contribution in [2.75, 3.05) is 0 Å². The first-order chi connectivity index (χ1) is 11.7. The molecule has 0 aliphatic rings. The summed E-state index contributed by atoms with van der Waals surface area (Å²) in [6.45, 7) is -0.461. The Labute approximate surface area is 138 Å². The fourth-order valence-corrected chi connectivity index (χ4v) is 2.62. The van der Waals surface area contributed by atoms with Crippen LogP contribution in [0.15, 0.2) is 76.3 Å². The van der Waals surface area contributed by atoms with Gasteiger partial charge in [0.15, 0.2) is 0 Å². The van der Waals surface area contributed by atoms with E-state index in [1.807, 2.05) is 60.7 Å². The van der Waals surface area contributed by atoms with Gasteiger partial charge < -0.3 is 0 Å². The molecule has 0 spiro atoms. The van der Waals surface area contributed by atoms with Crippen molar-refractivity contribution in [3.05, 3.63) is 104 Å². The molecular weight excluding hydrogens is 307 g/mol. The van der Waals surface area contributed by atoms with Gasteiger partial charge in [0.1, 0.15) is 6.67 Å². The third-order valence-corrected chi connectivity index (χ3v) is 3.87. The summed E-state index contributed by atoms with van der Waals surface area (Å²) in [6, 6.07) is 19.8. The SMILES string of the molecule is O=c1cc(CF)n(Cc2ccccc2)c(=O)n1Cc1ccccc1. The molecule has 1 aromatic heterocycles. The average Bonchev–Trinajstić information content (AvgIpc) is 2.62. The fourth-order valence-electron chi connectivity index (χ4n) is 2.62. The van der Waals surface area contributed by atoms with Crippen molar-refractivity contribution >= 4 is 0 Å². The maximum absolute atomic E-state index is 13.3. The normalized spacial score (nSPS) is 10.7. The second kappa shape index (κ2) is 7.08. The van der Waals surface area contributed by atoms with Gasteiger partial charge in [-0.2, -0.15) is 0 Å². The molecule has 1 heterocycles. The second-order valence-electron chi connectivity index (χ2n) is 5.53. The molecule has 3 aromatic rings. The van der Waals surface area contributed by atoms with Crippen LogP contribution in [-0.4, -0.2) is 9.13 Å². The van der Waals surface area contributed by atoms with Crippen LogP contribution in [0.4, 0.5) is 4.39 Å². The first-order valence-electron chi connectivity index (χ1n) is 7.66. The lowest BCUT2D eigenvalue weighted by molar-refractivity contribution is 0.444. The highest BCUT2D eigenvalue weighted by molar-refractivity contribution is 5.18. The highest BCUT2D eigenvalue weighted by atomic mass is 19.1. The van der Waals surface area contributed by atoms with Gasteiger partial charge in [-0.25, -0.2) is 9.18 Å². The minimum atomic E-state index is -0.858. The van der Waals surface area contributed by atoms with Crippen molar-refractivity contribution in [2.24, 2.45) is 0 Å². The number of aromatic nitrogens is 2. The number of hydrogen-bond acceptors (Lipinski definition) is 2. The molecule has 0 bridgehead atoms. The van der Waals surface area contributed by atoms with Crippen molar-refractivity contribution < 1.29 is 4.39 Å². The smallest absolute Gasteiger partial charge is 0.290 e. The molecule has 2 aromatic carbocycles. The van der Waals surface area contributed by atoms with Crippen LogP contribution in [-0.2, 0) is 19.8 Å². The predicted molar refractivity (Wildman–Crippen MR) is 90.9 cm³/mol. The maximum atomic E-state index is 13.3. The molecule has 0 amide bonds. The quantitative estimate of drug-likeness (QED) is 0.724. The maximum Gasteiger partial charge on any atom is 0.331 e. The number of rotatable bonds is 5. The number of hydrogen-bond donors (Lipinski definition) is 0. The van der Waals surface area contributed by atoms with Crippen LogP contribution >= 0.6 is 0 Å². The molecule has 122 valence electrons. The molecule has 0 radical (unpaired) electrons. The predicted octanol–water partition coefficient (Wildman–Crippen LogP) is 2.58. The Morgan fingerprint density at radius 2 is 1.25 bits per heavy atom. The van der Waals surface area contributed by atoms with Gasteiger partial charge in [-0.3, -0.25) is 13.9 Å². The van der Waals surface area contributed by atoms with Crippen LogP contribution in [0.3, 0.4) is 0 Å². The van der Waals surface area contributed by atoms with Gasteiger partial charge in [0.2, 0.25) is 0 Å². The molecule has 0 saturated carbocycles. The molecule has 0 aliphatic heterocycles. The van der Waals surface area contributed by atoms with Crippen molar-refractivity contribution in [1.29, 1.82) is 0 Å². The largest absolute Gasteiger partial charge is 0.331 e. The average molecular weight is 324 g/mol. The Kier molecular flexibility index (Phi) is 4.70. The van der Waals surface area contributed by atoms with E-state index >= 15 is 0 Å². The van der Waals surface area contributed by atoms with E-state index in [-0.39, 0.29) is 18.8 Å². The number of nitrogens with zero attached hydrogens (tertiary/aromatic N) is 2. The minimum absolute atomic E-state index is 0.0955. The van der Waals surface area contributed by atoms with E-state index in [1.165, 1.54) is 10.6 Å². The van der Waals surface area contributed by atoms with Gasteiger partial charge in [-0.1, -0.05) is 60.7 Å². The van der Waals surface area contributed by atoms with E-state index in [4.69, 9.17) is 0 Å². The highest BCUT2D eigenvalue weighted by Gasteiger charge is 2.12. The van der Waals surface area contributed by atoms with Crippen molar-refractivity contribution in [1.82, 2.24) is 9.13 Å². The van der Waals surface area contributed by atoms with Gasteiger partial charge in [0.25, 0.3) is 5.56 Å². The Balaban J connectivity index is 2.06. The van der Waals surface area contributed by atoms with Gasteiger partial charge in [-0.15, -0.1) is 0 Å². The van der Waals surface area contributed by atoms with Crippen LogP contribution in [0.1, 0.15) is 16.8 Å². The number of halogens is 1. The molecule has 0 N–H and O–H groups in total. The van der Waals surface area contributed by atoms with Crippen LogP contribution in [0, 0.1) is 0 Å². The molecule has 0 atom stereocenters. The summed E-state index contributed by atoms with van der Waals surface area (Å²) >= 11 is 0. The molecular formula is C19H17FN2O2. The summed E-state index contributed by atoms with van der Waals surface area (Å²) in [5.41, 5.74) is 0.831. The molecule has 0 saturated heterocycles. The lowest BCUT2D eigenvalue weighted by Gasteiger charge is -2.14. The minimum Gasteiger partial charge on any atom is -0.290 e. The van der Waals surface area contributed by atoms with E-state index < -0.39 is 17.9 Å². The van der Waals surface area contributed by atoms with Gasteiger partial charge >= 0.3 is 5.69 Å². The monoisotopic (exact) mass is 324 g/mol. The zero-order chi connectivity index (χ0) is 16.9. The first kappa shape index (κ1) is 15.9. The molecule has 0 fully saturated rings. The molecule has 5 heteroatoms. The Hall–Kier alpha value is -2.95. The standard InChI is InChI=1S/C19H17FN2O2/c20-12-17-11-18(23)22(14-16-9-5-2-6-10-16)19(24)21(17)13-15-7-3-1-4-8-15/h1-11H,12-14H2. The Morgan fingerprint density at radius 3 is 1.75 bits per heavy atom. The summed E-state index contributed by atoms with van der Waals surface area (Å²) in [6.07, 6.45) is 0. The third kappa shape index (κ3) is 3.35. The Bertz CT molecular complexity index is 931. The van der Waals surface area contributed by atoms with Crippen LogP contribution in [0.2, 0.25) is 0 Å². The van der Waals surface area contributed by atoms with E-state index in [0.29, 0.717) is 0 Å². The lowest BCUT2D eigenvalue weighted by Crippen LogP contribution is -2.41. The highest BCUT2D eigenvalue weighted by Crippen LogP contribution is 2.05. The summed E-state index contributed by atoms with van der Waals surface area (Å²) < 4.78 is 15.8. The Morgan fingerprint density at radius 1 is 0.750 bits per heavy atom. The van der Waals surface area contributed by atoms with Crippen molar-refractivity contribution in [3.63, 3.8) is 0 Å². The van der Waals surface area contributed by atoms with Crippen LogP contribution in [0.25, 0.3) is 0 Å². The molecule has 24 heavy (non-hydrogen) atoms. The topological polar surface area (TPSA) is 44.0 Å². The summed E-state index contributed by atoms with van der Waals surface area (Å²) in [7, 11) is 0. The summed E-state index contributed by atoms with van der Waals surface area (Å²) in [5, 5.41) is 0. The van der Waals surface area contributed by atoms with Gasteiger partial charge in [0.05, 0.1) is 18.8 Å². The number of alkyl halides is 1. The second-order valence-corrected chi connectivity index (χ2v) is 5.53. The lowest BCUT2D eigenvalue weighted by atomic mass is 10.2. The van der Waals surface area contributed by atoms with Gasteiger partial charge in [-0.05, 0) is 11.1 Å². The van der Waals surface area contributed by atoms with E-state index in [9.17, 15) is 14.0 Å². The van der Waals surface area contributed by atoms with E-state index in [1.54, 1.807) is 0 Å². The first-order valence-corrected chi connectivity index (χ1v) is 7.66. The molecule has 3 rings (SSSR count). The van der Waals surface area contributed by atoms with Gasteiger partial charge in [0, 0.05) is 6.07 Å². The zero-order valence-electron chi connectivity index (χ0n) is 13.1. The third-order valence-electron chi connectivity index (χ3n) is 3.87. The van der Waals surface area contributed by atoms with Crippen LogP contribution in [0.5, 0.6) is 0 Å². The summed E-state index contributed by atoms with van der Waals surface area (Å²) in [4.78, 5) is 24.9. The molecule has 0 unspecified atom stereocenters. The fraction of sp³-hybridized carbons (Fsp3) is 0.158. The number of benzene rings is 2. The van der Waals surface area contributed by atoms with E-state index in [2.05, 4.69) is 0 Å². The van der Waals surface area contributed by atoms with Crippen molar-refractivity contribution in [3.8, 4) is 0 Å². The molecule has 0 aliphatic carbocycles. The van der Waals surface area contributed by atoms with Crippen molar-refractivity contribution in [2.45, 2.75) is 19.8 Å². The molecule has 4 nitrogen and oxygen atoms in total. The van der Waals surface area contributed by atoms with E-state index in [0.717, 1.165) is 15.7 Å². The summed E-state index contributed by atoms with van der Waals surface area (Å²) in [5.74, 6) is 0. The zero-order valence-corrected chi connectivity index (χ0v) is 13.1.